The van der Waals surface area contributed by atoms with Crippen LogP contribution in [0.5, 0.6) is 5.75 Å². The van der Waals surface area contributed by atoms with E-state index in [4.69, 9.17) is 9.47 Å². The molecule has 4 nitrogen and oxygen atoms in total. The van der Waals surface area contributed by atoms with Gasteiger partial charge in [0, 0.05) is 29.6 Å². The molecule has 1 aromatic heterocycles. The number of aromatic nitrogens is 1. The molecule has 36 heavy (non-hydrogen) atoms. The number of ether oxygens (including phenoxy) is 2. The highest BCUT2D eigenvalue weighted by Gasteiger charge is 2.11. The molecule has 5 aromatic rings. The molecule has 1 heterocycles. The smallest absolute Gasteiger partial charge is 0.305 e. The van der Waals surface area contributed by atoms with Crippen LogP contribution in [0.15, 0.2) is 109 Å². The van der Waals surface area contributed by atoms with Gasteiger partial charge in [-0.25, -0.2) is 0 Å². The van der Waals surface area contributed by atoms with E-state index in [1.165, 1.54) is 34.8 Å². The molecule has 0 aliphatic carbocycles. The fraction of sp³-hybridized carbons (Fsp3) is 0.156. The topological polar surface area (TPSA) is 40.5 Å². The quantitative estimate of drug-likeness (QED) is 0.215. The van der Waals surface area contributed by atoms with Gasteiger partial charge in [0.25, 0.3) is 0 Å². The second-order valence-corrected chi connectivity index (χ2v) is 8.87. The maximum atomic E-state index is 11.3. The van der Waals surface area contributed by atoms with Gasteiger partial charge in [-0.2, -0.15) is 0 Å². The second kappa shape index (κ2) is 11.0. The first-order valence-electron chi connectivity index (χ1n) is 12.2. The molecule has 0 radical (unpaired) electrons. The van der Waals surface area contributed by atoms with Crippen LogP contribution in [0.1, 0.15) is 23.1 Å². The SMILES string of the molecule is COC(=O)CCc1ccc(OCc2ccc(Cn3c(-c4ccccc4)cc4ccccc43)cc2)cc1. The van der Waals surface area contributed by atoms with Crippen LogP contribution < -0.4 is 4.74 Å². The van der Waals surface area contributed by atoms with Crippen molar-refractivity contribution in [2.75, 3.05) is 7.11 Å². The van der Waals surface area contributed by atoms with Crippen molar-refractivity contribution in [2.24, 2.45) is 0 Å². The third kappa shape index (κ3) is 5.49. The van der Waals surface area contributed by atoms with E-state index in [9.17, 15) is 4.79 Å². The normalized spacial score (nSPS) is 10.9. The van der Waals surface area contributed by atoms with Crippen molar-refractivity contribution >= 4 is 16.9 Å². The molecule has 0 aliphatic heterocycles. The van der Waals surface area contributed by atoms with E-state index < -0.39 is 0 Å². The summed E-state index contributed by atoms with van der Waals surface area (Å²) in [5.41, 5.74) is 7.12. The number of fused-ring (bicyclic) bond motifs is 1. The first-order chi connectivity index (χ1) is 17.7. The lowest BCUT2D eigenvalue weighted by molar-refractivity contribution is -0.140. The van der Waals surface area contributed by atoms with Crippen LogP contribution in [-0.2, 0) is 29.1 Å². The third-order valence-electron chi connectivity index (χ3n) is 6.42. The van der Waals surface area contributed by atoms with Crippen molar-refractivity contribution < 1.29 is 14.3 Å². The first-order valence-corrected chi connectivity index (χ1v) is 12.2. The van der Waals surface area contributed by atoms with E-state index in [-0.39, 0.29) is 5.97 Å². The van der Waals surface area contributed by atoms with E-state index >= 15 is 0 Å². The Bertz CT molecular complexity index is 1440. The third-order valence-corrected chi connectivity index (χ3v) is 6.42. The van der Waals surface area contributed by atoms with E-state index in [2.05, 4.69) is 89.5 Å². The molecule has 0 saturated carbocycles. The van der Waals surface area contributed by atoms with E-state index in [1.807, 2.05) is 24.3 Å². The van der Waals surface area contributed by atoms with Gasteiger partial charge in [-0.15, -0.1) is 0 Å². The van der Waals surface area contributed by atoms with Gasteiger partial charge in [0.1, 0.15) is 12.4 Å². The van der Waals surface area contributed by atoms with E-state index in [0.717, 1.165) is 23.4 Å². The molecule has 0 amide bonds. The molecule has 0 bridgehead atoms. The summed E-state index contributed by atoms with van der Waals surface area (Å²) in [7, 11) is 1.41. The molecule has 4 aromatic carbocycles. The largest absolute Gasteiger partial charge is 0.489 e. The maximum Gasteiger partial charge on any atom is 0.305 e. The molecule has 0 N–H and O–H groups in total. The summed E-state index contributed by atoms with van der Waals surface area (Å²) in [6.07, 6.45) is 1.05. The predicted molar refractivity (Wildman–Crippen MR) is 144 cm³/mol. The van der Waals surface area contributed by atoms with Crippen LogP contribution >= 0.6 is 0 Å². The summed E-state index contributed by atoms with van der Waals surface area (Å²) >= 11 is 0. The van der Waals surface area contributed by atoms with Gasteiger partial charge in [-0.1, -0.05) is 84.9 Å². The summed E-state index contributed by atoms with van der Waals surface area (Å²) in [6, 6.07) is 37.9. The van der Waals surface area contributed by atoms with Gasteiger partial charge in [-0.3, -0.25) is 4.79 Å². The van der Waals surface area contributed by atoms with Crippen LogP contribution in [0, 0.1) is 0 Å². The molecule has 5 rings (SSSR count). The van der Waals surface area contributed by atoms with Gasteiger partial charge < -0.3 is 14.0 Å². The summed E-state index contributed by atoms with van der Waals surface area (Å²) in [5.74, 6) is 0.618. The fourth-order valence-electron chi connectivity index (χ4n) is 4.42. The van der Waals surface area contributed by atoms with Crippen LogP contribution in [0.2, 0.25) is 0 Å². The number of para-hydroxylation sites is 1. The number of hydrogen-bond acceptors (Lipinski definition) is 3. The Hall–Kier alpha value is -4.31. The number of rotatable bonds is 9. The van der Waals surface area contributed by atoms with Crippen molar-refractivity contribution in [2.45, 2.75) is 26.0 Å². The lowest BCUT2D eigenvalue weighted by atomic mass is 10.1. The van der Waals surface area contributed by atoms with Crippen molar-refractivity contribution in [3.8, 4) is 17.0 Å². The van der Waals surface area contributed by atoms with Crippen molar-refractivity contribution in [1.29, 1.82) is 0 Å². The van der Waals surface area contributed by atoms with Crippen LogP contribution in [0.3, 0.4) is 0 Å². The maximum absolute atomic E-state index is 11.3. The van der Waals surface area contributed by atoms with Crippen LogP contribution in [0.25, 0.3) is 22.2 Å². The Morgan fingerprint density at radius 3 is 2.17 bits per heavy atom. The Kier molecular flexibility index (Phi) is 7.13. The lowest BCUT2D eigenvalue weighted by Gasteiger charge is -2.12. The average Bonchev–Trinajstić information content (AvgIpc) is 3.30. The summed E-state index contributed by atoms with van der Waals surface area (Å²) in [6.45, 7) is 1.30. The summed E-state index contributed by atoms with van der Waals surface area (Å²) in [5, 5.41) is 1.25. The number of carbonyl (C=O) groups excluding carboxylic acids is 1. The molecular weight excluding hydrogens is 446 g/mol. The fourth-order valence-corrected chi connectivity index (χ4v) is 4.42. The summed E-state index contributed by atoms with van der Waals surface area (Å²) < 4.78 is 13.1. The summed E-state index contributed by atoms with van der Waals surface area (Å²) in [4.78, 5) is 11.3. The van der Waals surface area contributed by atoms with E-state index in [1.54, 1.807) is 0 Å². The average molecular weight is 476 g/mol. The Labute approximate surface area is 211 Å². The first kappa shape index (κ1) is 23.4. The highest BCUT2D eigenvalue weighted by molar-refractivity contribution is 5.87. The second-order valence-electron chi connectivity index (χ2n) is 8.87. The number of esters is 1. The monoisotopic (exact) mass is 475 g/mol. The molecule has 0 spiro atoms. The van der Waals surface area contributed by atoms with Crippen molar-refractivity contribution in [3.63, 3.8) is 0 Å². The number of aryl methyl sites for hydroxylation is 1. The molecule has 0 aliphatic rings. The minimum absolute atomic E-state index is 0.194. The van der Waals surface area contributed by atoms with Crippen LogP contribution in [0.4, 0.5) is 0 Å². The number of carbonyl (C=O) groups is 1. The van der Waals surface area contributed by atoms with Crippen molar-refractivity contribution in [3.05, 3.63) is 126 Å². The lowest BCUT2D eigenvalue weighted by Crippen LogP contribution is -2.02. The minimum Gasteiger partial charge on any atom is -0.489 e. The molecule has 0 fully saturated rings. The Morgan fingerprint density at radius 2 is 1.42 bits per heavy atom. The van der Waals surface area contributed by atoms with Gasteiger partial charge in [0.05, 0.1) is 7.11 Å². The molecular formula is C32H29NO3. The number of nitrogens with zero attached hydrogens (tertiary/aromatic N) is 1. The highest BCUT2D eigenvalue weighted by atomic mass is 16.5. The minimum atomic E-state index is -0.194. The Morgan fingerprint density at radius 1 is 0.750 bits per heavy atom. The van der Waals surface area contributed by atoms with E-state index in [0.29, 0.717) is 19.4 Å². The standard InChI is InChI=1S/C32H29NO3/c1-35-32(34)20-17-24-15-18-29(19-16-24)36-23-26-13-11-25(12-14-26)22-33-30-10-6-5-9-28(30)21-31(33)27-7-3-2-4-8-27/h2-16,18-19,21H,17,20,22-23H2,1H3. The van der Waals surface area contributed by atoms with Gasteiger partial charge >= 0.3 is 5.97 Å². The number of benzene rings is 4. The Balaban J connectivity index is 1.25. The molecule has 0 atom stereocenters. The zero-order valence-electron chi connectivity index (χ0n) is 20.4. The zero-order valence-corrected chi connectivity index (χ0v) is 20.4. The van der Waals surface area contributed by atoms with Crippen LogP contribution in [-0.4, -0.2) is 17.6 Å². The molecule has 180 valence electrons. The van der Waals surface area contributed by atoms with Gasteiger partial charge in [-0.05, 0) is 52.9 Å². The number of hydrogen-bond donors (Lipinski definition) is 0. The molecule has 0 saturated heterocycles. The highest BCUT2D eigenvalue weighted by Crippen LogP contribution is 2.29. The van der Waals surface area contributed by atoms with Gasteiger partial charge in [0.15, 0.2) is 0 Å². The number of methoxy groups -OCH3 is 1. The zero-order chi connectivity index (χ0) is 24.7. The predicted octanol–water partition coefficient (Wildman–Crippen LogP) is 7.04. The van der Waals surface area contributed by atoms with Crippen molar-refractivity contribution in [1.82, 2.24) is 4.57 Å². The molecule has 4 heteroatoms. The molecule has 0 unspecified atom stereocenters. The van der Waals surface area contributed by atoms with Gasteiger partial charge in [0.2, 0.25) is 0 Å².